The van der Waals surface area contributed by atoms with Crippen LogP contribution in [0.2, 0.25) is 0 Å². The van der Waals surface area contributed by atoms with Crippen molar-refractivity contribution in [3.8, 4) is 5.75 Å². The molecule has 8 nitrogen and oxygen atoms in total. The van der Waals surface area contributed by atoms with Crippen LogP contribution in [0.5, 0.6) is 5.75 Å². The van der Waals surface area contributed by atoms with Crippen LogP contribution in [0.4, 0.5) is 10.1 Å². The van der Waals surface area contributed by atoms with E-state index in [1.165, 1.54) is 17.7 Å². The molecule has 5 rings (SSSR count). The zero-order valence-corrected chi connectivity index (χ0v) is 15.5. The van der Waals surface area contributed by atoms with E-state index in [4.69, 9.17) is 16.3 Å². The Morgan fingerprint density at radius 2 is 1.96 bits per heavy atom. The van der Waals surface area contributed by atoms with Gasteiger partial charge in [-0.15, -0.1) is 0 Å². The first-order valence-electron chi connectivity index (χ1n) is 9.44. The number of nitrogen functional groups attached to an aromatic ring is 1. The van der Waals surface area contributed by atoms with Gasteiger partial charge in [0.05, 0.1) is 12.5 Å². The summed E-state index contributed by atoms with van der Waals surface area (Å²) < 4.78 is 22.8. The third-order valence-corrected chi connectivity index (χ3v) is 6.20. The Kier molecular flexibility index (Phi) is 3.61. The molecule has 1 aromatic carbocycles. The molecule has 4 N–H and O–H groups in total. The number of benzene rings is 1. The molecule has 2 heterocycles. The summed E-state index contributed by atoms with van der Waals surface area (Å²) >= 11 is 0. The highest BCUT2D eigenvalue weighted by Crippen LogP contribution is 2.45. The predicted octanol–water partition coefficient (Wildman–Crippen LogP) is 0.309. The highest BCUT2D eigenvalue weighted by Gasteiger charge is 2.40. The molecule has 2 aliphatic carbocycles. The van der Waals surface area contributed by atoms with E-state index in [0.717, 1.165) is 12.8 Å². The maximum Gasteiger partial charge on any atom is 0.350 e. The lowest BCUT2D eigenvalue weighted by Gasteiger charge is -2.25. The first-order valence-corrected chi connectivity index (χ1v) is 9.44. The van der Waals surface area contributed by atoms with E-state index < -0.39 is 17.1 Å². The van der Waals surface area contributed by atoms with E-state index in [9.17, 15) is 9.59 Å². The maximum atomic E-state index is 15.2. The van der Waals surface area contributed by atoms with Crippen LogP contribution in [-0.2, 0) is 0 Å². The molecule has 3 unspecified atom stereocenters. The van der Waals surface area contributed by atoms with Crippen molar-refractivity contribution in [1.29, 1.82) is 0 Å². The van der Waals surface area contributed by atoms with Crippen molar-refractivity contribution in [2.24, 2.45) is 17.6 Å². The summed E-state index contributed by atoms with van der Waals surface area (Å²) in [6.07, 6.45) is 5.68. The van der Waals surface area contributed by atoms with Gasteiger partial charge < -0.3 is 21.2 Å². The second-order valence-corrected chi connectivity index (χ2v) is 7.89. The van der Waals surface area contributed by atoms with Gasteiger partial charge in [0.25, 0.3) is 5.56 Å². The topological polar surface area (TPSA) is 109 Å². The normalized spacial score (nSPS) is 26.2. The van der Waals surface area contributed by atoms with Gasteiger partial charge in [-0.1, -0.05) is 12.2 Å². The van der Waals surface area contributed by atoms with Crippen LogP contribution in [0.1, 0.15) is 18.9 Å². The minimum Gasteiger partial charge on any atom is -0.492 e. The SMILES string of the molecule is COc1c(N2CC3C=CC(N)C3C2)c(F)cc2c(=O)n(N)c(=O)n(C3CC3)c12. The van der Waals surface area contributed by atoms with Crippen LogP contribution in [-0.4, -0.2) is 35.5 Å². The summed E-state index contributed by atoms with van der Waals surface area (Å²) in [5.74, 6) is 5.76. The molecule has 1 saturated carbocycles. The molecule has 1 aromatic heterocycles. The molecule has 1 saturated heterocycles. The molecule has 2 aromatic rings. The average molecular weight is 387 g/mol. The highest BCUT2D eigenvalue weighted by atomic mass is 19.1. The number of rotatable bonds is 3. The fraction of sp³-hybridized carbons (Fsp3) is 0.474. The van der Waals surface area contributed by atoms with Crippen molar-refractivity contribution in [1.82, 2.24) is 9.24 Å². The van der Waals surface area contributed by atoms with E-state index in [1.54, 1.807) is 0 Å². The van der Waals surface area contributed by atoms with Crippen molar-refractivity contribution in [2.45, 2.75) is 24.9 Å². The van der Waals surface area contributed by atoms with Gasteiger partial charge in [-0.2, -0.15) is 4.68 Å². The van der Waals surface area contributed by atoms with Crippen molar-refractivity contribution >= 4 is 16.6 Å². The molecule has 28 heavy (non-hydrogen) atoms. The molecule has 3 aliphatic rings. The number of ether oxygens (including phenoxy) is 1. The van der Waals surface area contributed by atoms with Crippen molar-refractivity contribution in [3.63, 3.8) is 0 Å². The van der Waals surface area contributed by atoms with Crippen LogP contribution < -0.4 is 32.5 Å². The predicted molar refractivity (Wildman–Crippen MR) is 104 cm³/mol. The fourth-order valence-corrected chi connectivity index (χ4v) is 4.66. The molecular formula is C19H22FN5O3. The maximum absolute atomic E-state index is 15.2. The number of hydrogen-bond acceptors (Lipinski definition) is 6. The molecule has 3 atom stereocenters. The van der Waals surface area contributed by atoms with E-state index in [0.29, 0.717) is 23.3 Å². The summed E-state index contributed by atoms with van der Waals surface area (Å²) in [5, 5.41) is 0.0445. The average Bonchev–Trinajstić information content (AvgIpc) is 3.33. The Hall–Kier alpha value is -2.81. The summed E-state index contributed by atoms with van der Waals surface area (Å²) in [4.78, 5) is 27.2. The largest absolute Gasteiger partial charge is 0.492 e. The standard InChI is InChI=1S/C19H22FN5O3/c1-28-17-15-11(18(26)25(22)19(27)24(15)10-3-4-10)6-13(20)16(17)23-7-9-2-5-14(21)12(9)8-23/h2,5-6,9-10,12,14H,3-4,7-8,21-22H2,1H3. The Labute approximate surface area is 159 Å². The van der Waals surface area contributed by atoms with Crippen LogP contribution in [0, 0.1) is 17.7 Å². The zero-order chi connectivity index (χ0) is 19.7. The minimum absolute atomic E-state index is 0.0445. The van der Waals surface area contributed by atoms with Crippen LogP contribution in [0.25, 0.3) is 10.9 Å². The van der Waals surface area contributed by atoms with Crippen LogP contribution in [0.15, 0.2) is 27.8 Å². The number of methoxy groups -OCH3 is 1. The lowest BCUT2D eigenvalue weighted by molar-refractivity contribution is 0.412. The Morgan fingerprint density at radius 3 is 2.61 bits per heavy atom. The van der Waals surface area contributed by atoms with Gasteiger partial charge in [0.2, 0.25) is 0 Å². The molecule has 2 fully saturated rings. The van der Waals surface area contributed by atoms with Gasteiger partial charge in [0.1, 0.15) is 11.2 Å². The third kappa shape index (κ3) is 2.25. The number of nitrogens with zero attached hydrogens (tertiary/aromatic N) is 3. The first-order chi connectivity index (χ1) is 13.4. The molecule has 0 radical (unpaired) electrons. The van der Waals surface area contributed by atoms with Gasteiger partial charge in [-0.05, 0) is 18.9 Å². The lowest BCUT2D eigenvalue weighted by Crippen LogP contribution is -2.44. The number of nitrogens with two attached hydrogens (primary N) is 2. The monoisotopic (exact) mass is 387 g/mol. The van der Waals surface area contributed by atoms with Gasteiger partial charge in [-0.25, -0.2) is 9.18 Å². The summed E-state index contributed by atoms with van der Waals surface area (Å²) in [6, 6.07) is 1.05. The molecule has 0 spiro atoms. The molecule has 0 bridgehead atoms. The molecule has 1 aliphatic heterocycles. The number of hydrogen-bond donors (Lipinski definition) is 2. The summed E-state index contributed by atoms with van der Waals surface area (Å²) in [7, 11) is 1.43. The minimum atomic E-state index is -0.733. The number of fused-ring (bicyclic) bond motifs is 2. The van der Waals surface area contributed by atoms with E-state index in [1.807, 2.05) is 11.0 Å². The second kappa shape index (κ2) is 5.84. The molecular weight excluding hydrogens is 365 g/mol. The molecule has 0 amide bonds. The van der Waals surface area contributed by atoms with Gasteiger partial charge >= 0.3 is 5.69 Å². The summed E-state index contributed by atoms with van der Waals surface area (Å²) in [5.41, 5.74) is 5.39. The lowest BCUT2D eigenvalue weighted by atomic mass is 9.97. The van der Waals surface area contributed by atoms with E-state index >= 15 is 4.39 Å². The Balaban J connectivity index is 1.77. The number of anilines is 1. The fourth-order valence-electron chi connectivity index (χ4n) is 4.66. The van der Waals surface area contributed by atoms with Gasteiger partial charge in [-0.3, -0.25) is 9.36 Å². The quantitative estimate of drug-likeness (QED) is 0.580. The number of aromatic nitrogens is 2. The second-order valence-electron chi connectivity index (χ2n) is 7.89. The zero-order valence-electron chi connectivity index (χ0n) is 15.5. The van der Waals surface area contributed by atoms with Crippen LogP contribution in [0.3, 0.4) is 0 Å². The molecule has 148 valence electrons. The first kappa shape index (κ1) is 17.3. The molecule has 9 heteroatoms. The highest BCUT2D eigenvalue weighted by molar-refractivity contribution is 5.91. The van der Waals surface area contributed by atoms with Crippen molar-refractivity contribution in [2.75, 3.05) is 30.9 Å². The van der Waals surface area contributed by atoms with Gasteiger partial charge in [0.15, 0.2) is 11.6 Å². The van der Waals surface area contributed by atoms with E-state index in [2.05, 4.69) is 6.08 Å². The van der Waals surface area contributed by atoms with Crippen molar-refractivity contribution in [3.05, 3.63) is 44.9 Å². The number of halogens is 1. The Bertz CT molecular complexity index is 1130. The summed E-state index contributed by atoms with van der Waals surface area (Å²) in [6.45, 7) is 1.19. The van der Waals surface area contributed by atoms with Crippen molar-refractivity contribution < 1.29 is 9.13 Å². The third-order valence-electron chi connectivity index (χ3n) is 6.20. The van der Waals surface area contributed by atoms with Crippen LogP contribution >= 0.6 is 0 Å². The van der Waals surface area contributed by atoms with E-state index in [-0.39, 0.29) is 40.7 Å². The van der Waals surface area contributed by atoms with Gasteiger partial charge in [0, 0.05) is 37.0 Å². The smallest absolute Gasteiger partial charge is 0.350 e. The Morgan fingerprint density at radius 1 is 1.21 bits per heavy atom.